The Bertz CT molecular complexity index is 1550. The normalized spacial score (nSPS) is 11.8. The SMILES string of the molecule is CCn1cc(Cn2cc(NC(=O)c3cc4nc(-c5ccc(Cl)cc5)cc(C(F)(F)F)n4n3)cn2)cn1. The number of hydrogen-bond donors (Lipinski definition) is 1. The maximum absolute atomic E-state index is 13.8. The largest absolute Gasteiger partial charge is 0.433 e. The van der Waals surface area contributed by atoms with Crippen LogP contribution in [0.1, 0.15) is 28.7 Å². The minimum Gasteiger partial charge on any atom is -0.318 e. The quantitative estimate of drug-likeness (QED) is 0.352. The Morgan fingerprint density at radius 3 is 2.50 bits per heavy atom. The van der Waals surface area contributed by atoms with Crippen LogP contribution in [-0.2, 0) is 19.3 Å². The molecule has 1 aromatic carbocycles. The van der Waals surface area contributed by atoms with Gasteiger partial charge in [-0.3, -0.25) is 14.2 Å². The van der Waals surface area contributed by atoms with Crippen molar-refractivity contribution in [1.82, 2.24) is 34.2 Å². The average Bonchev–Trinajstić information content (AvgIpc) is 3.58. The van der Waals surface area contributed by atoms with E-state index >= 15 is 0 Å². The second-order valence-electron chi connectivity index (χ2n) is 7.92. The molecule has 4 heterocycles. The fourth-order valence-electron chi connectivity index (χ4n) is 3.61. The van der Waals surface area contributed by atoms with Crippen LogP contribution >= 0.6 is 11.6 Å². The maximum atomic E-state index is 13.8. The zero-order valence-electron chi connectivity index (χ0n) is 18.7. The van der Waals surface area contributed by atoms with E-state index in [1.165, 1.54) is 12.3 Å². The van der Waals surface area contributed by atoms with Gasteiger partial charge in [0.2, 0.25) is 0 Å². The van der Waals surface area contributed by atoms with Gasteiger partial charge in [0.25, 0.3) is 5.91 Å². The second-order valence-corrected chi connectivity index (χ2v) is 8.35. The number of nitrogens with zero attached hydrogens (tertiary/aromatic N) is 7. The average molecular weight is 515 g/mol. The van der Waals surface area contributed by atoms with Crippen molar-refractivity contribution in [3.05, 3.63) is 83.2 Å². The summed E-state index contributed by atoms with van der Waals surface area (Å²) in [6.07, 6.45) is 1.93. The Morgan fingerprint density at radius 2 is 1.81 bits per heavy atom. The van der Waals surface area contributed by atoms with Crippen LogP contribution < -0.4 is 5.32 Å². The van der Waals surface area contributed by atoms with Crippen molar-refractivity contribution in [2.75, 3.05) is 5.32 Å². The molecule has 0 fully saturated rings. The summed E-state index contributed by atoms with van der Waals surface area (Å²) in [6.45, 7) is 3.16. The molecule has 1 amide bonds. The zero-order chi connectivity index (χ0) is 25.4. The van der Waals surface area contributed by atoms with Gasteiger partial charge in [-0.25, -0.2) is 9.50 Å². The first-order chi connectivity index (χ1) is 17.2. The highest BCUT2D eigenvalue weighted by atomic mass is 35.5. The number of amides is 1. The molecule has 1 N–H and O–H groups in total. The van der Waals surface area contributed by atoms with Gasteiger partial charge in [0.15, 0.2) is 17.0 Å². The predicted molar refractivity (Wildman–Crippen MR) is 126 cm³/mol. The van der Waals surface area contributed by atoms with Crippen molar-refractivity contribution in [2.45, 2.75) is 26.2 Å². The van der Waals surface area contributed by atoms with Gasteiger partial charge in [-0.1, -0.05) is 23.7 Å². The first-order valence-electron chi connectivity index (χ1n) is 10.8. The summed E-state index contributed by atoms with van der Waals surface area (Å²) in [5.41, 5.74) is 0.410. The van der Waals surface area contributed by atoms with Crippen LogP contribution in [0.15, 0.2) is 61.2 Å². The Balaban J connectivity index is 1.41. The summed E-state index contributed by atoms with van der Waals surface area (Å²) < 4.78 is 45.4. The van der Waals surface area contributed by atoms with E-state index in [9.17, 15) is 18.0 Å². The Kier molecular flexibility index (Phi) is 5.96. The van der Waals surface area contributed by atoms with Crippen molar-refractivity contribution >= 4 is 28.8 Å². The molecule has 0 aliphatic heterocycles. The highest BCUT2D eigenvalue weighted by molar-refractivity contribution is 6.30. The molecule has 4 aromatic heterocycles. The molecule has 0 saturated heterocycles. The predicted octanol–water partition coefficient (Wildman–Crippen LogP) is 4.78. The molecule has 36 heavy (non-hydrogen) atoms. The number of halogens is 4. The molecule has 0 radical (unpaired) electrons. The molecule has 0 unspecified atom stereocenters. The minimum absolute atomic E-state index is 0.0750. The fraction of sp³-hybridized carbons (Fsp3) is 0.174. The summed E-state index contributed by atoms with van der Waals surface area (Å²) in [5.74, 6) is -0.694. The third-order valence-corrected chi connectivity index (χ3v) is 5.59. The van der Waals surface area contributed by atoms with E-state index in [4.69, 9.17) is 11.6 Å². The van der Waals surface area contributed by atoms with Crippen LogP contribution in [0.25, 0.3) is 16.9 Å². The highest BCUT2D eigenvalue weighted by Crippen LogP contribution is 2.32. The number of carbonyl (C=O) groups is 1. The molecule has 0 saturated carbocycles. The number of alkyl halides is 3. The van der Waals surface area contributed by atoms with Gasteiger partial charge in [0, 0.05) is 41.2 Å². The molecule has 0 atom stereocenters. The number of anilines is 1. The summed E-state index contributed by atoms with van der Waals surface area (Å²) in [5, 5.41) is 15.3. The van der Waals surface area contributed by atoms with E-state index in [0.717, 1.165) is 18.2 Å². The number of rotatable bonds is 6. The summed E-state index contributed by atoms with van der Waals surface area (Å²) in [6, 6.07) is 8.33. The van der Waals surface area contributed by atoms with Gasteiger partial charge in [-0.2, -0.15) is 28.5 Å². The lowest BCUT2D eigenvalue weighted by molar-refractivity contribution is -0.142. The van der Waals surface area contributed by atoms with E-state index < -0.39 is 17.8 Å². The van der Waals surface area contributed by atoms with Gasteiger partial charge < -0.3 is 5.32 Å². The Hall–Kier alpha value is -4.19. The number of aryl methyl sites for hydroxylation is 1. The van der Waals surface area contributed by atoms with E-state index in [2.05, 4.69) is 25.6 Å². The molecule has 0 bridgehead atoms. The number of nitrogens with one attached hydrogen (secondary N) is 1. The van der Waals surface area contributed by atoms with E-state index in [1.54, 1.807) is 46.0 Å². The van der Waals surface area contributed by atoms with Gasteiger partial charge in [-0.05, 0) is 25.1 Å². The molecule has 0 aliphatic rings. The molecule has 5 aromatic rings. The molecule has 13 heteroatoms. The molecular formula is C23H18ClF3N8O. The Morgan fingerprint density at radius 1 is 1.06 bits per heavy atom. The lowest BCUT2D eigenvalue weighted by Crippen LogP contribution is -2.15. The monoisotopic (exact) mass is 514 g/mol. The van der Waals surface area contributed by atoms with Crippen LogP contribution in [0, 0.1) is 0 Å². The standard InChI is InChI=1S/C23H18ClF3N8O/c1-2-33-11-14(9-28-33)12-34-13-17(10-29-34)30-22(36)19-8-21-31-18(15-3-5-16(24)6-4-15)7-20(23(25,26)27)35(21)32-19/h3-11,13H,2,12H2,1H3,(H,30,36). The second kappa shape index (κ2) is 9.11. The third kappa shape index (κ3) is 4.80. The summed E-state index contributed by atoms with van der Waals surface area (Å²) >= 11 is 5.88. The lowest BCUT2D eigenvalue weighted by Gasteiger charge is -2.11. The van der Waals surface area contributed by atoms with Crippen LogP contribution in [0.5, 0.6) is 0 Å². The molecule has 184 valence electrons. The maximum Gasteiger partial charge on any atom is 0.433 e. The number of carbonyl (C=O) groups excluding carboxylic acids is 1. The van der Waals surface area contributed by atoms with Crippen LogP contribution in [-0.4, -0.2) is 40.1 Å². The molecular weight excluding hydrogens is 497 g/mol. The number of hydrogen-bond acceptors (Lipinski definition) is 5. The number of aromatic nitrogens is 7. The van der Waals surface area contributed by atoms with E-state index in [0.29, 0.717) is 27.3 Å². The number of fused-ring (bicyclic) bond motifs is 1. The Labute approximate surface area is 207 Å². The van der Waals surface area contributed by atoms with Crippen molar-refractivity contribution in [2.24, 2.45) is 0 Å². The van der Waals surface area contributed by atoms with E-state index in [-0.39, 0.29) is 17.0 Å². The first-order valence-corrected chi connectivity index (χ1v) is 11.2. The number of benzene rings is 1. The molecule has 5 rings (SSSR count). The summed E-state index contributed by atoms with van der Waals surface area (Å²) in [4.78, 5) is 17.1. The topological polar surface area (TPSA) is 94.9 Å². The van der Waals surface area contributed by atoms with Gasteiger partial charge in [0.05, 0.1) is 30.3 Å². The van der Waals surface area contributed by atoms with Crippen molar-refractivity contribution in [3.63, 3.8) is 0 Å². The van der Waals surface area contributed by atoms with Gasteiger partial charge in [-0.15, -0.1) is 0 Å². The van der Waals surface area contributed by atoms with E-state index in [1.807, 2.05) is 13.1 Å². The fourth-order valence-corrected chi connectivity index (χ4v) is 3.74. The lowest BCUT2D eigenvalue weighted by atomic mass is 10.1. The third-order valence-electron chi connectivity index (χ3n) is 5.34. The molecule has 0 aliphatic carbocycles. The molecule has 0 spiro atoms. The molecule has 9 nitrogen and oxygen atoms in total. The highest BCUT2D eigenvalue weighted by Gasteiger charge is 2.35. The zero-order valence-corrected chi connectivity index (χ0v) is 19.5. The van der Waals surface area contributed by atoms with Gasteiger partial charge in [0.1, 0.15) is 0 Å². The van der Waals surface area contributed by atoms with Crippen molar-refractivity contribution in [3.8, 4) is 11.3 Å². The van der Waals surface area contributed by atoms with Crippen LogP contribution in [0.4, 0.5) is 18.9 Å². The van der Waals surface area contributed by atoms with Crippen molar-refractivity contribution in [1.29, 1.82) is 0 Å². The van der Waals surface area contributed by atoms with Crippen LogP contribution in [0.3, 0.4) is 0 Å². The van der Waals surface area contributed by atoms with Crippen LogP contribution in [0.2, 0.25) is 5.02 Å². The smallest absolute Gasteiger partial charge is 0.318 e. The van der Waals surface area contributed by atoms with Crippen molar-refractivity contribution < 1.29 is 18.0 Å². The first kappa shape index (κ1) is 23.5. The summed E-state index contributed by atoms with van der Waals surface area (Å²) in [7, 11) is 0. The minimum atomic E-state index is -4.73. The van der Waals surface area contributed by atoms with Gasteiger partial charge >= 0.3 is 6.18 Å².